The topological polar surface area (TPSA) is 60.8 Å². The number of amides is 1. The van der Waals surface area contributed by atoms with Crippen LogP contribution >= 0.6 is 0 Å². The number of benzene rings is 2. The molecule has 0 saturated heterocycles. The number of aryl methyl sites for hydroxylation is 2. The summed E-state index contributed by atoms with van der Waals surface area (Å²) in [6, 6.07) is 11.5. The summed E-state index contributed by atoms with van der Waals surface area (Å²) in [6.07, 6.45) is 3.10. The summed E-state index contributed by atoms with van der Waals surface area (Å²) in [6.45, 7) is 4.51. The van der Waals surface area contributed by atoms with Crippen molar-refractivity contribution >= 4 is 5.91 Å². The summed E-state index contributed by atoms with van der Waals surface area (Å²) in [5.41, 5.74) is 4.27. The van der Waals surface area contributed by atoms with E-state index in [4.69, 9.17) is 0 Å². The highest BCUT2D eigenvalue weighted by atomic mass is 16.3. The third kappa shape index (κ3) is 3.47. The van der Waals surface area contributed by atoms with E-state index in [1.54, 1.807) is 11.9 Å². The Labute approximate surface area is 155 Å². The maximum Gasteiger partial charge on any atom is 0.253 e. The monoisotopic (exact) mass is 353 g/mol. The Morgan fingerprint density at radius 3 is 2.12 bits per heavy atom. The van der Waals surface area contributed by atoms with Crippen LogP contribution in [0.4, 0.5) is 0 Å². The lowest BCUT2D eigenvalue weighted by Crippen LogP contribution is -2.45. The molecule has 0 aromatic heterocycles. The molecule has 0 aliphatic heterocycles. The highest BCUT2D eigenvalue weighted by Gasteiger charge is 2.38. The maximum absolute atomic E-state index is 12.7. The van der Waals surface area contributed by atoms with Crippen molar-refractivity contribution in [3.05, 3.63) is 53.1 Å². The van der Waals surface area contributed by atoms with Gasteiger partial charge in [0.05, 0.1) is 6.61 Å². The summed E-state index contributed by atoms with van der Waals surface area (Å²) in [7, 11) is 1.80. The van der Waals surface area contributed by atoms with Crippen molar-refractivity contribution in [3.63, 3.8) is 0 Å². The van der Waals surface area contributed by atoms with Gasteiger partial charge in [-0.15, -0.1) is 0 Å². The van der Waals surface area contributed by atoms with Gasteiger partial charge in [0.15, 0.2) is 0 Å². The first-order valence-corrected chi connectivity index (χ1v) is 9.12. The van der Waals surface area contributed by atoms with E-state index in [0.717, 1.165) is 41.5 Å². The SMILES string of the molecule is Cc1cc(-c2ccc(C(=O)N(C)CC3(CO)CCC3)cc2)cc(C)c1O. The summed E-state index contributed by atoms with van der Waals surface area (Å²) in [5.74, 6) is 0.310. The zero-order valence-corrected chi connectivity index (χ0v) is 15.7. The molecular formula is C22H27NO3. The molecule has 4 heteroatoms. The Balaban J connectivity index is 1.76. The van der Waals surface area contributed by atoms with Crippen LogP contribution in [0.3, 0.4) is 0 Å². The number of phenolic OH excluding ortho intramolecular Hbond substituents is 1. The highest BCUT2D eigenvalue weighted by Crippen LogP contribution is 2.41. The molecule has 0 bridgehead atoms. The molecule has 0 unspecified atom stereocenters. The molecule has 1 aliphatic rings. The van der Waals surface area contributed by atoms with Crippen molar-refractivity contribution in [2.24, 2.45) is 5.41 Å². The molecule has 2 N–H and O–H groups in total. The van der Waals surface area contributed by atoms with E-state index < -0.39 is 0 Å². The number of phenols is 1. The van der Waals surface area contributed by atoms with Gasteiger partial charge in [-0.3, -0.25) is 4.79 Å². The Morgan fingerprint density at radius 1 is 1.08 bits per heavy atom. The smallest absolute Gasteiger partial charge is 0.253 e. The molecule has 26 heavy (non-hydrogen) atoms. The highest BCUT2D eigenvalue weighted by molar-refractivity contribution is 5.94. The number of aromatic hydroxyl groups is 1. The van der Waals surface area contributed by atoms with Gasteiger partial charge in [0.2, 0.25) is 0 Å². The largest absolute Gasteiger partial charge is 0.507 e. The molecule has 2 aromatic carbocycles. The van der Waals surface area contributed by atoms with Crippen molar-refractivity contribution in [3.8, 4) is 16.9 Å². The first-order valence-electron chi connectivity index (χ1n) is 9.12. The fourth-order valence-electron chi connectivity index (χ4n) is 3.77. The average Bonchev–Trinajstić information content (AvgIpc) is 2.61. The van der Waals surface area contributed by atoms with E-state index in [-0.39, 0.29) is 17.9 Å². The molecule has 4 nitrogen and oxygen atoms in total. The van der Waals surface area contributed by atoms with Gasteiger partial charge in [-0.25, -0.2) is 0 Å². The lowest BCUT2D eigenvalue weighted by atomic mass is 9.69. The van der Waals surface area contributed by atoms with Crippen LogP contribution in [0.2, 0.25) is 0 Å². The van der Waals surface area contributed by atoms with Gasteiger partial charge in [0.1, 0.15) is 5.75 Å². The molecule has 0 heterocycles. The third-order valence-corrected chi connectivity index (χ3v) is 5.63. The van der Waals surface area contributed by atoms with Crippen molar-refractivity contribution < 1.29 is 15.0 Å². The fraction of sp³-hybridized carbons (Fsp3) is 0.409. The first kappa shape index (κ1) is 18.5. The van der Waals surface area contributed by atoms with Crippen LogP contribution in [0.25, 0.3) is 11.1 Å². The van der Waals surface area contributed by atoms with Crippen LogP contribution in [-0.4, -0.2) is 41.2 Å². The summed E-state index contributed by atoms with van der Waals surface area (Å²) >= 11 is 0. The molecule has 1 fully saturated rings. The van der Waals surface area contributed by atoms with E-state index in [1.165, 1.54) is 0 Å². The van der Waals surface area contributed by atoms with Crippen LogP contribution in [0.1, 0.15) is 40.7 Å². The Hall–Kier alpha value is -2.33. The minimum absolute atomic E-state index is 0.0191. The van der Waals surface area contributed by atoms with Crippen LogP contribution in [0.5, 0.6) is 5.75 Å². The second-order valence-corrected chi connectivity index (χ2v) is 7.71. The van der Waals surface area contributed by atoms with Crippen LogP contribution < -0.4 is 0 Å². The number of hydrogen-bond acceptors (Lipinski definition) is 3. The van der Waals surface area contributed by atoms with Crippen LogP contribution in [0.15, 0.2) is 36.4 Å². The Bertz CT molecular complexity index is 778. The van der Waals surface area contributed by atoms with E-state index >= 15 is 0 Å². The van der Waals surface area contributed by atoms with E-state index in [9.17, 15) is 15.0 Å². The molecule has 0 atom stereocenters. The van der Waals surface area contributed by atoms with Crippen molar-refractivity contribution in [2.75, 3.05) is 20.2 Å². The average molecular weight is 353 g/mol. The number of carbonyl (C=O) groups is 1. The van der Waals surface area contributed by atoms with Crippen LogP contribution in [0, 0.1) is 19.3 Å². The van der Waals surface area contributed by atoms with Gasteiger partial charge in [-0.05, 0) is 73.2 Å². The predicted octanol–water partition coefficient (Wildman–Crippen LogP) is 3.91. The van der Waals surface area contributed by atoms with Gasteiger partial charge in [-0.2, -0.15) is 0 Å². The van der Waals surface area contributed by atoms with Gasteiger partial charge in [0, 0.05) is 24.6 Å². The standard InChI is InChI=1S/C22H27NO3/c1-15-11-19(12-16(2)20(15)25)17-5-7-18(8-6-17)21(26)23(3)13-22(14-24)9-4-10-22/h5-8,11-12,24-25H,4,9-10,13-14H2,1-3H3. The minimum Gasteiger partial charge on any atom is -0.507 e. The molecule has 0 radical (unpaired) electrons. The molecular weight excluding hydrogens is 326 g/mol. The molecule has 1 amide bonds. The molecule has 3 rings (SSSR count). The number of hydrogen-bond donors (Lipinski definition) is 2. The summed E-state index contributed by atoms with van der Waals surface area (Å²) in [5, 5.41) is 19.5. The van der Waals surface area contributed by atoms with Crippen molar-refractivity contribution in [1.29, 1.82) is 0 Å². The second kappa shape index (κ2) is 7.12. The molecule has 1 saturated carbocycles. The Morgan fingerprint density at radius 2 is 1.65 bits per heavy atom. The van der Waals surface area contributed by atoms with Gasteiger partial charge in [0.25, 0.3) is 5.91 Å². The molecule has 2 aromatic rings. The first-order chi connectivity index (χ1) is 12.3. The quantitative estimate of drug-likeness (QED) is 0.857. The van der Waals surface area contributed by atoms with Gasteiger partial charge in [-0.1, -0.05) is 18.6 Å². The minimum atomic E-state index is -0.106. The zero-order valence-electron chi connectivity index (χ0n) is 15.7. The zero-order chi connectivity index (χ0) is 18.9. The van der Waals surface area contributed by atoms with E-state index in [2.05, 4.69) is 0 Å². The Kier molecular flexibility index (Phi) is 5.05. The van der Waals surface area contributed by atoms with Gasteiger partial charge >= 0.3 is 0 Å². The summed E-state index contributed by atoms with van der Waals surface area (Å²) < 4.78 is 0. The van der Waals surface area contributed by atoms with Gasteiger partial charge < -0.3 is 15.1 Å². The number of carbonyl (C=O) groups excluding carboxylic acids is 1. The molecule has 1 aliphatic carbocycles. The maximum atomic E-state index is 12.7. The second-order valence-electron chi connectivity index (χ2n) is 7.71. The van der Waals surface area contributed by atoms with Crippen molar-refractivity contribution in [2.45, 2.75) is 33.1 Å². The number of rotatable bonds is 5. The summed E-state index contributed by atoms with van der Waals surface area (Å²) in [4.78, 5) is 14.4. The fourth-order valence-corrected chi connectivity index (χ4v) is 3.77. The number of nitrogens with zero attached hydrogens (tertiary/aromatic N) is 1. The van der Waals surface area contributed by atoms with Crippen molar-refractivity contribution in [1.82, 2.24) is 4.90 Å². The lowest BCUT2D eigenvalue weighted by molar-refractivity contribution is 0.0146. The molecule has 0 spiro atoms. The normalized spacial score (nSPS) is 15.4. The predicted molar refractivity (Wildman–Crippen MR) is 103 cm³/mol. The number of aliphatic hydroxyl groups excluding tert-OH is 1. The van der Waals surface area contributed by atoms with Crippen LogP contribution in [-0.2, 0) is 0 Å². The number of aliphatic hydroxyl groups is 1. The lowest BCUT2D eigenvalue weighted by Gasteiger charge is -2.42. The third-order valence-electron chi connectivity index (χ3n) is 5.63. The molecule has 138 valence electrons. The van der Waals surface area contributed by atoms with E-state index in [0.29, 0.717) is 17.9 Å². The van der Waals surface area contributed by atoms with E-state index in [1.807, 2.05) is 50.2 Å².